The maximum Gasteiger partial charge on any atom is 0.339 e. The fraction of sp³-hybridized carbons (Fsp3) is 0.529. The lowest BCUT2D eigenvalue weighted by Crippen LogP contribution is -2.48. The zero-order valence-corrected chi connectivity index (χ0v) is 13.2. The average Bonchev–Trinajstić information content (AvgIpc) is 2.69. The summed E-state index contributed by atoms with van der Waals surface area (Å²) in [6.45, 7) is 7.15. The van der Waals surface area contributed by atoms with E-state index in [9.17, 15) is 14.7 Å². The Morgan fingerprint density at radius 2 is 2.18 bits per heavy atom. The van der Waals surface area contributed by atoms with Gasteiger partial charge in [-0.15, -0.1) is 0 Å². The molecule has 0 fully saturated rings. The number of esters is 2. The van der Waals surface area contributed by atoms with Crippen molar-refractivity contribution in [2.24, 2.45) is 11.3 Å². The molecule has 0 aromatic rings. The van der Waals surface area contributed by atoms with E-state index >= 15 is 0 Å². The fourth-order valence-electron chi connectivity index (χ4n) is 3.62. The van der Waals surface area contributed by atoms with Gasteiger partial charge in [-0.2, -0.15) is 0 Å². The van der Waals surface area contributed by atoms with Crippen LogP contribution in [-0.4, -0.2) is 29.3 Å². The molecule has 5 nitrogen and oxygen atoms in total. The van der Waals surface area contributed by atoms with Gasteiger partial charge in [-0.05, 0) is 31.1 Å². The normalized spacial score (nSPS) is 37.0. The summed E-state index contributed by atoms with van der Waals surface area (Å²) in [7, 11) is 0. The second-order valence-electron chi connectivity index (χ2n) is 6.57. The van der Waals surface area contributed by atoms with Crippen molar-refractivity contribution in [3.8, 4) is 0 Å². The van der Waals surface area contributed by atoms with Gasteiger partial charge in [-0.1, -0.05) is 13.8 Å². The molecule has 1 N–H and O–H groups in total. The van der Waals surface area contributed by atoms with Gasteiger partial charge in [0.25, 0.3) is 0 Å². The maximum absolute atomic E-state index is 11.7. The average molecular weight is 304 g/mol. The zero-order valence-electron chi connectivity index (χ0n) is 13.2. The number of rotatable bonds is 1. The predicted octanol–water partition coefficient (Wildman–Crippen LogP) is 2.02. The Kier molecular flexibility index (Phi) is 3.29. The topological polar surface area (TPSA) is 72.8 Å². The van der Waals surface area contributed by atoms with Crippen LogP contribution >= 0.6 is 0 Å². The van der Waals surface area contributed by atoms with Gasteiger partial charge in [-0.3, -0.25) is 4.79 Å². The highest BCUT2D eigenvalue weighted by atomic mass is 16.6. The molecule has 0 aromatic carbocycles. The highest BCUT2D eigenvalue weighted by Gasteiger charge is 2.50. The summed E-state index contributed by atoms with van der Waals surface area (Å²) in [5.41, 5.74) is 2.16. The van der Waals surface area contributed by atoms with Crippen molar-refractivity contribution in [2.75, 3.05) is 0 Å². The Balaban J connectivity index is 2.06. The van der Waals surface area contributed by atoms with Gasteiger partial charge in [0, 0.05) is 29.4 Å². The third kappa shape index (κ3) is 2.03. The molecule has 2 aliphatic carbocycles. The van der Waals surface area contributed by atoms with E-state index < -0.39 is 18.2 Å². The Bertz CT molecular complexity index is 654. The molecule has 0 spiro atoms. The largest absolute Gasteiger partial charge is 0.459 e. The van der Waals surface area contributed by atoms with E-state index in [1.54, 1.807) is 13.0 Å². The first-order valence-electron chi connectivity index (χ1n) is 7.45. The monoisotopic (exact) mass is 304 g/mol. The predicted molar refractivity (Wildman–Crippen MR) is 78.4 cm³/mol. The number of ether oxygens (including phenoxy) is 2. The third-order valence-electron chi connectivity index (χ3n) is 5.24. The second kappa shape index (κ2) is 4.81. The van der Waals surface area contributed by atoms with Gasteiger partial charge in [0.2, 0.25) is 0 Å². The molecule has 1 aliphatic heterocycles. The smallest absolute Gasteiger partial charge is 0.339 e. The van der Waals surface area contributed by atoms with E-state index in [1.165, 1.54) is 6.92 Å². The van der Waals surface area contributed by atoms with Crippen molar-refractivity contribution in [3.63, 3.8) is 0 Å². The van der Waals surface area contributed by atoms with Gasteiger partial charge in [0.05, 0.1) is 0 Å². The van der Waals surface area contributed by atoms with Crippen LogP contribution in [0.5, 0.6) is 0 Å². The number of aliphatic hydroxyl groups is 1. The second-order valence-corrected chi connectivity index (χ2v) is 6.57. The number of carbonyl (C=O) groups is 2. The van der Waals surface area contributed by atoms with Crippen molar-refractivity contribution < 1.29 is 24.2 Å². The molecule has 3 rings (SSSR count). The fourth-order valence-corrected chi connectivity index (χ4v) is 3.62. The summed E-state index contributed by atoms with van der Waals surface area (Å²) in [6, 6.07) is 0. The number of aliphatic hydroxyl groups excluding tert-OH is 1. The van der Waals surface area contributed by atoms with E-state index in [2.05, 4.69) is 6.92 Å². The molecule has 0 radical (unpaired) electrons. The number of hydrogen-bond donors (Lipinski definition) is 1. The van der Waals surface area contributed by atoms with Crippen LogP contribution in [-0.2, 0) is 19.1 Å². The molecule has 0 unspecified atom stereocenters. The Labute approximate surface area is 129 Å². The highest BCUT2D eigenvalue weighted by molar-refractivity contribution is 5.94. The van der Waals surface area contributed by atoms with E-state index in [1.807, 2.05) is 13.0 Å². The summed E-state index contributed by atoms with van der Waals surface area (Å²) < 4.78 is 10.6. The minimum Gasteiger partial charge on any atom is -0.459 e. The molecule has 118 valence electrons. The van der Waals surface area contributed by atoms with Crippen LogP contribution in [0.25, 0.3) is 0 Å². The van der Waals surface area contributed by atoms with E-state index in [-0.39, 0.29) is 17.3 Å². The first-order chi connectivity index (χ1) is 10.2. The lowest BCUT2D eigenvalue weighted by Gasteiger charge is -2.47. The molecule has 0 aromatic heterocycles. The van der Waals surface area contributed by atoms with Crippen LogP contribution in [0.15, 0.2) is 34.6 Å². The molecule has 1 heterocycles. The lowest BCUT2D eigenvalue weighted by atomic mass is 9.60. The molecular weight excluding hydrogens is 284 g/mol. The highest BCUT2D eigenvalue weighted by Crippen LogP contribution is 2.53. The van der Waals surface area contributed by atoms with Crippen LogP contribution in [0.3, 0.4) is 0 Å². The van der Waals surface area contributed by atoms with Gasteiger partial charge in [-0.25, -0.2) is 4.79 Å². The SMILES string of the molecule is CC(=O)O[C@@H]1[C@H](O)C=C2C=C3OC(=O)C(C)=C3C[C@@]2(C)[C@@H]1C. The summed E-state index contributed by atoms with van der Waals surface area (Å²) >= 11 is 0. The first-order valence-corrected chi connectivity index (χ1v) is 7.45. The number of allylic oxidation sites excluding steroid dienone is 3. The van der Waals surface area contributed by atoms with Gasteiger partial charge >= 0.3 is 11.9 Å². The zero-order chi connectivity index (χ0) is 16.2. The molecule has 0 saturated carbocycles. The van der Waals surface area contributed by atoms with Crippen LogP contribution in [0.2, 0.25) is 0 Å². The van der Waals surface area contributed by atoms with Crippen LogP contribution in [0, 0.1) is 11.3 Å². The van der Waals surface area contributed by atoms with Gasteiger partial charge < -0.3 is 14.6 Å². The molecule has 0 amide bonds. The Morgan fingerprint density at radius 1 is 1.50 bits per heavy atom. The van der Waals surface area contributed by atoms with Crippen LogP contribution < -0.4 is 0 Å². The molecule has 0 saturated heterocycles. The Hall–Kier alpha value is -1.88. The van der Waals surface area contributed by atoms with E-state index in [4.69, 9.17) is 9.47 Å². The lowest BCUT2D eigenvalue weighted by molar-refractivity contribution is -0.158. The summed E-state index contributed by atoms with van der Waals surface area (Å²) in [5.74, 6) is -0.219. The van der Waals surface area contributed by atoms with Crippen molar-refractivity contribution >= 4 is 11.9 Å². The Morgan fingerprint density at radius 3 is 2.82 bits per heavy atom. The number of hydrogen-bond acceptors (Lipinski definition) is 5. The minimum absolute atomic E-state index is 0.0831. The summed E-state index contributed by atoms with van der Waals surface area (Å²) in [5, 5.41) is 10.3. The standard InChI is InChI=1S/C17H20O5/c1-8-12-7-17(4)9(2)15(21-10(3)18)13(19)5-11(17)6-14(12)22-16(8)20/h5-6,9,13,15,19H,7H2,1-4H3/t9-,13-,15+,17+/m1/s1. The summed E-state index contributed by atoms with van der Waals surface area (Å²) in [4.78, 5) is 23.1. The van der Waals surface area contributed by atoms with Crippen LogP contribution in [0.4, 0.5) is 0 Å². The van der Waals surface area contributed by atoms with E-state index in [0.29, 0.717) is 17.8 Å². The quantitative estimate of drug-likeness (QED) is 0.750. The van der Waals surface area contributed by atoms with Crippen molar-refractivity contribution in [2.45, 2.75) is 46.3 Å². The van der Waals surface area contributed by atoms with Gasteiger partial charge in [0.1, 0.15) is 18.0 Å². The minimum atomic E-state index is -0.859. The first kappa shape index (κ1) is 15.0. The van der Waals surface area contributed by atoms with E-state index in [0.717, 1.165) is 11.1 Å². The molecule has 4 atom stereocenters. The third-order valence-corrected chi connectivity index (χ3v) is 5.24. The van der Waals surface area contributed by atoms with Crippen molar-refractivity contribution in [1.29, 1.82) is 0 Å². The molecule has 22 heavy (non-hydrogen) atoms. The molecule has 3 aliphatic rings. The maximum atomic E-state index is 11.7. The van der Waals surface area contributed by atoms with Crippen molar-refractivity contribution in [1.82, 2.24) is 0 Å². The molecule has 0 bridgehead atoms. The molecular formula is C17H20O5. The number of fused-ring (bicyclic) bond motifs is 2. The molecule has 5 heteroatoms. The summed E-state index contributed by atoms with van der Waals surface area (Å²) in [6.07, 6.45) is 2.73. The van der Waals surface area contributed by atoms with Crippen molar-refractivity contribution in [3.05, 3.63) is 34.6 Å². The number of carbonyl (C=O) groups excluding carboxylic acids is 2. The van der Waals surface area contributed by atoms with Crippen LogP contribution in [0.1, 0.15) is 34.1 Å². The van der Waals surface area contributed by atoms with Gasteiger partial charge in [0.15, 0.2) is 0 Å².